The molecule has 1 N–H and O–H groups in total. The number of hydrogen-bond acceptors (Lipinski definition) is 3. The maximum Gasteiger partial charge on any atom is 0.392 e. The summed E-state index contributed by atoms with van der Waals surface area (Å²) < 4.78 is 41.1. The number of alkyl halides is 3. The van der Waals surface area contributed by atoms with Crippen molar-refractivity contribution in [3.8, 4) is 0 Å². The molecule has 1 aliphatic rings. The molecule has 0 saturated heterocycles. The minimum atomic E-state index is -4.34. The standard InChI is InChI=1S/C17H19F3N4O/c18-17(19,20)15-7-2-1-6-14(15)16(25)23-13-5-3-4-12(8-13)9-24-11-21-10-22-24/h3-5,8,10-11,14-15H,1-2,6-7,9H2,(H,23,25)/t14-,15-/m0/s1. The van der Waals surface area contributed by atoms with E-state index in [-0.39, 0.29) is 12.8 Å². The van der Waals surface area contributed by atoms with E-state index >= 15 is 0 Å². The maximum absolute atomic E-state index is 13.2. The van der Waals surface area contributed by atoms with Gasteiger partial charge in [0.15, 0.2) is 0 Å². The number of anilines is 1. The first-order valence-electron chi connectivity index (χ1n) is 8.22. The number of rotatable bonds is 4. The molecule has 0 unspecified atom stereocenters. The third-order valence-corrected chi connectivity index (χ3v) is 4.53. The lowest BCUT2D eigenvalue weighted by atomic mass is 9.78. The van der Waals surface area contributed by atoms with E-state index in [0.29, 0.717) is 25.1 Å². The molecule has 1 aromatic heterocycles. The monoisotopic (exact) mass is 352 g/mol. The van der Waals surface area contributed by atoms with E-state index in [0.717, 1.165) is 5.56 Å². The first-order valence-corrected chi connectivity index (χ1v) is 8.22. The Labute approximate surface area is 143 Å². The smallest absolute Gasteiger partial charge is 0.326 e. The maximum atomic E-state index is 13.2. The van der Waals surface area contributed by atoms with Crippen LogP contribution in [0, 0.1) is 11.8 Å². The number of nitrogens with zero attached hydrogens (tertiary/aromatic N) is 3. The van der Waals surface area contributed by atoms with Crippen LogP contribution in [0.15, 0.2) is 36.9 Å². The Morgan fingerprint density at radius 1 is 1.28 bits per heavy atom. The van der Waals surface area contributed by atoms with Gasteiger partial charge in [-0.3, -0.25) is 4.79 Å². The van der Waals surface area contributed by atoms with Crippen LogP contribution >= 0.6 is 0 Å². The zero-order chi connectivity index (χ0) is 17.9. The van der Waals surface area contributed by atoms with Crippen molar-refractivity contribution in [2.24, 2.45) is 11.8 Å². The number of aromatic nitrogens is 3. The molecule has 8 heteroatoms. The predicted molar refractivity (Wildman–Crippen MR) is 85.7 cm³/mol. The summed E-state index contributed by atoms with van der Waals surface area (Å²) in [7, 11) is 0. The van der Waals surface area contributed by atoms with Crippen molar-refractivity contribution in [1.82, 2.24) is 14.8 Å². The molecule has 0 radical (unpaired) electrons. The molecule has 2 atom stereocenters. The molecule has 0 bridgehead atoms. The summed E-state index contributed by atoms with van der Waals surface area (Å²) in [4.78, 5) is 16.3. The Morgan fingerprint density at radius 2 is 2.08 bits per heavy atom. The van der Waals surface area contributed by atoms with Crippen molar-refractivity contribution in [1.29, 1.82) is 0 Å². The number of benzene rings is 1. The number of carbonyl (C=O) groups is 1. The van der Waals surface area contributed by atoms with Gasteiger partial charge in [-0.2, -0.15) is 18.3 Å². The predicted octanol–water partition coefficient (Wildman–Crippen LogP) is 3.63. The second-order valence-electron chi connectivity index (χ2n) is 6.32. The lowest BCUT2D eigenvalue weighted by Crippen LogP contribution is -2.39. The molecule has 1 amide bonds. The topological polar surface area (TPSA) is 59.8 Å². The Bertz CT molecular complexity index is 715. The third kappa shape index (κ3) is 4.37. The lowest BCUT2D eigenvalue weighted by Gasteiger charge is -2.32. The minimum absolute atomic E-state index is 0.0218. The minimum Gasteiger partial charge on any atom is -0.326 e. The molecule has 1 heterocycles. The summed E-state index contributed by atoms with van der Waals surface area (Å²) >= 11 is 0. The summed E-state index contributed by atoms with van der Waals surface area (Å²) in [6.07, 6.45) is 0.117. The summed E-state index contributed by atoms with van der Waals surface area (Å²) in [6.45, 7) is 0.471. The van der Waals surface area contributed by atoms with Gasteiger partial charge in [-0.15, -0.1) is 0 Å². The number of nitrogens with one attached hydrogen (secondary N) is 1. The number of carbonyl (C=O) groups excluding carboxylic acids is 1. The molecule has 0 aliphatic heterocycles. The van der Waals surface area contributed by atoms with E-state index in [1.54, 1.807) is 29.2 Å². The molecule has 1 aromatic carbocycles. The SMILES string of the molecule is O=C(Nc1cccc(Cn2cncn2)c1)[C@H]1CCCC[C@@H]1C(F)(F)F. The van der Waals surface area contributed by atoms with E-state index in [9.17, 15) is 18.0 Å². The largest absolute Gasteiger partial charge is 0.392 e. The second kappa shape index (κ2) is 7.25. The molecule has 1 saturated carbocycles. The zero-order valence-corrected chi connectivity index (χ0v) is 13.5. The van der Waals surface area contributed by atoms with Crippen molar-refractivity contribution < 1.29 is 18.0 Å². The Balaban J connectivity index is 1.69. The number of halogens is 3. The fourth-order valence-electron chi connectivity index (χ4n) is 3.32. The van der Waals surface area contributed by atoms with E-state index < -0.39 is 23.9 Å². The van der Waals surface area contributed by atoms with Gasteiger partial charge in [0.05, 0.1) is 12.5 Å². The average Bonchev–Trinajstić information content (AvgIpc) is 3.07. The van der Waals surface area contributed by atoms with Gasteiger partial charge < -0.3 is 5.32 Å². The van der Waals surface area contributed by atoms with Crippen LogP contribution in [0.4, 0.5) is 18.9 Å². The molecular weight excluding hydrogens is 333 g/mol. The van der Waals surface area contributed by atoms with Gasteiger partial charge in [0.2, 0.25) is 5.91 Å². The van der Waals surface area contributed by atoms with Gasteiger partial charge in [0, 0.05) is 11.6 Å². The van der Waals surface area contributed by atoms with Gasteiger partial charge in [-0.25, -0.2) is 9.67 Å². The van der Waals surface area contributed by atoms with Gasteiger partial charge in [0.1, 0.15) is 12.7 Å². The Hall–Kier alpha value is -2.38. The van der Waals surface area contributed by atoms with Crippen LogP contribution < -0.4 is 5.32 Å². The van der Waals surface area contributed by atoms with E-state index in [4.69, 9.17) is 0 Å². The lowest BCUT2D eigenvalue weighted by molar-refractivity contribution is -0.197. The highest BCUT2D eigenvalue weighted by atomic mass is 19.4. The number of hydrogen-bond donors (Lipinski definition) is 1. The summed E-state index contributed by atoms with van der Waals surface area (Å²) in [5.41, 5.74) is 1.37. The van der Waals surface area contributed by atoms with Crippen molar-refractivity contribution in [2.45, 2.75) is 38.4 Å². The molecule has 3 rings (SSSR count). The van der Waals surface area contributed by atoms with Crippen molar-refractivity contribution in [2.75, 3.05) is 5.32 Å². The Kier molecular flexibility index (Phi) is 5.06. The van der Waals surface area contributed by atoms with Gasteiger partial charge in [0.25, 0.3) is 0 Å². The van der Waals surface area contributed by atoms with Crippen LogP contribution in [-0.2, 0) is 11.3 Å². The fourth-order valence-corrected chi connectivity index (χ4v) is 3.32. The average molecular weight is 352 g/mol. The Morgan fingerprint density at radius 3 is 2.80 bits per heavy atom. The van der Waals surface area contributed by atoms with Crippen LogP contribution in [0.3, 0.4) is 0 Å². The van der Waals surface area contributed by atoms with Crippen LogP contribution in [0.5, 0.6) is 0 Å². The first-order chi connectivity index (χ1) is 11.9. The van der Waals surface area contributed by atoms with Crippen molar-refractivity contribution in [3.05, 3.63) is 42.5 Å². The van der Waals surface area contributed by atoms with Crippen molar-refractivity contribution in [3.63, 3.8) is 0 Å². The molecule has 5 nitrogen and oxygen atoms in total. The molecule has 2 aromatic rings. The molecule has 1 aliphatic carbocycles. The van der Waals surface area contributed by atoms with Crippen LogP contribution in [0.25, 0.3) is 0 Å². The highest BCUT2D eigenvalue weighted by Crippen LogP contribution is 2.41. The third-order valence-electron chi connectivity index (χ3n) is 4.53. The highest BCUT2D eigenvalue weighted by Gasteiger charge is 2.48. The summed E-state index contributed by atoms with van der Waals surface area (Å²) in [5.74, 6) is -3.13. The van der Waals surface area contributed by atoms with Gasteiger partial charge in [-0.1, -0.05) is 25.0 Å². The second-order valence-corrected chi connectivity index (χ2v) is 6.32. The van der Waals surface area contributed by atoms with E-state index in [1.807, 2.05) is 6.07 Å². The van der Waals surface area contributed by atoms with Crippen LogP contribution in [0.2, 0.25) is 0 Å². The van der Waals surface area contributed by atoms with Crippen LogP contribution in [0.1, 0.15) is 31.2 Å². The summed E-state index contributed by atoms with van der Waals surface area (Å²) in [5, 5.41) is 6.66. The summed E-state index contributed by atoms with van der Waals surface area (Å²) in [6, 6.07) is 7.03. The quantitative estimate of drug-likeness (QED) is 0.914. The molecular formula is C17H19F3N4O. The molecule has 134 valence electrons. The van der Waals surface area contributed by atoms with E-state index in [1.165, 1.54) is 6.33 Å². The van der Waals surface area contributed by atoms with Gasteiger partial charge >= 0.3 is 6.18 Å². The van der Waals surface area contributed by atoms with Crippen molar-refractivity contribution >= 4 is 11.6 Å². The van der Waals surface area contributed by atoms with E-state index in [2.05, 4.69) is 15.4 Å². The fraction of sp³-hybridized carbons (Fsp3) is 0.471. The molecule has 1 fully saturated rings. The van der Waals surface area contributed by atoms with Gasteiger partial charge in [-0.05, 0) is 30.5 Å². The van der Waals surface area contributed by atoms with Crippen LogP contribution in [-0.4, -0.2) is 26.8 Å². The highest BCUT2D eigenvalue weighted by molar-refractivity contribution is 5.92. The zero-order valence-electron chi connectivity index (χ0n) is 13.5. The number of amides is 1. The normalized spacial score (nSPS) is 21.1. The first kappa shape index (κ1) is 17.4. The molecule has 0 spiro atoms. The molecule has 25 heavy (non-hydrogen) atoms.